The molecule has 0 aliphatic heterocycles. The average Bonchev–Trinajstić information content (AvgIpc) is 2.99. The molecule has 2 N–H and O–H groups in total. The summed E-state index contributed by atoms with van der Waals surface area (Å²) in [5.41, 5.74) is 0. The molecule has 1 heterocycles. The molecule has 0 aliphatic carbocycles. The van der Waals surface area contributed by atoms with Crippen molar-refractivity contribution >= 4 is 53.0 Å². The molecular weight excluding hydrogens is 415 g/mol. The summed E-state index contributed by atoms with van der Waals surface area (Å²) in [5, 5.41) is 8.78. The summed E-state index contributed by atoms with van der Waals surface area (Å²) in [6, 6.07) is 0. The molecule has 0 unspecified atom stereocenters. The van der Waals surface area contributed by atoms with E-state index in [0.717, 1.165) is 41.5 Å². The third kappa shape index (κ3) is 9.57. The van der Waals surface area contributed by atoms with Crippen molar-refractivity contribution in [2.45, 2.75) is 37.4 Å². The minimum absolute atomic E-state index is 0. The number of guanidine groups is 1. The molecule has 0 bridgehead atoms. The Morgan fingerprint density at radius 2 is 2.14 bits per heavy atom. The quantitative estimate of drug-likeness (QED) is 0.201. The number of nitrogens with zero attached hydrogens (tertiary/aromatic N) is 2. The molecule has 0 spiro atoms. The number of thiazole rings is 1. The zero-order chi connectivity index (χ0) is 14.6. The molecule has 0 saturated heterocycles. The van der Waals surface area contributed by atoms with Crippen LogP contribution in [-0.2, 0) is 0 Å². The lowest BCUT2D eigenvalue weighted by Gasteiger charge is -2.16. The maximum absolute atomic E-state index is 4.26. The van der Waals surface area contributed by atoms with E-state index in [2.05, 4.69) is 34.5 Å². The second kappa shape index (κ2) is 13.6. The molecule has 1 aromatic rings. The van der Waals surface area contributed by atoms with Gasteiger partial charge in [0.15, 0.2) is 5.96 Å². The number of aromatic nitrogens is 1. The van der Waals surface area contributed by atoms with Crippen LogP contribution in [0.5, 0.6) is 0 Å². The lowest BCUT2D eigenvalue weighted by Crippen LogP contribution is -2.40. The first-order valence-corrected chi connectivity index (χ1v) is 9.13. The number of aliphatic imine (C=N–C) groups is 1. The Kier molecular flexibility index (Phi) is 13.6. The second-order valence-electron chi connectivity index (χ2n) is 4.56. The fraction of sp³-hybridized carbons (Fsp3) is 0.714. The van der Waals surface area contributed by atoms with E-state index in [1.54, 1.807) is 11.3 Å². The van der Waals surface area contributed by atoms with E-state index < -0.39 is 0 Å². The van der Waals surface area contributed by atoms with E-state index in [9.17, 15) is 0 Å². The molecule has 0 saturated carbocycles. The topological polar surface area (TPSA) is 49.3 Å². The van der Waals surface area contributed by atoms with Crippen molar-refractivity contribution in [3.05, 3.63) is 11.6 Å². The Hall–Kier alpha value is -0.0200. The van der Waals surface area contributed by atoms with Crippen molar-refractivity contribution in [1.29, 1.82) is 0 Å². The Morgan fingerprint density at radius 3 is 2.71 bits per heavy atom. The van der Waals surface area contributed by atoms with Crippen molar-refractivity contribution in [3.63, 3.8) is 0 Å². The summed E-state index contributed by atoms with van der Waals surface area (Å²) in [6.07, 6.45) is 5.39. The van der Waals surface area contributed by atoms with Crippen molar-refractivity contribution in [2.24, 2.45) is 10.9 Å². The van der Waals surface area contributed by atoms with Crippen LogP contribution in [0.25, 0.3) is 0 Å². The van der Waals surface area contributed by atoms with Crippen LogP contribution in [0, 0.1) is 5.92 Å². The molecule has 0 radical (unpaired) electrons. The van der Waals surface area contributed by atoms with E-state index >= 15 is 0 Å². The van der Waals surface area contributed by atoms with Gasteiger partial charge in [0.05, 0.1) is 0 Å². The molecule has 4 nitrogen and oxygen atoms in total. The fourth-order valence-electron chi connectivity index (χ4n) is 1.76. The Bertz CT molecular complexity index is 367. The smallest absolute Gasteiger partial charge is 0.190 e. The van der Waals surface area contributed by atoms with Gasteiger partial charge in [-0.3, -0.25) is 4.99 Å². The summed E-state index contributed by atoms with van der Waals surface area (Å²) >= 11 is 3.52. The van der Waals surface area contributed by atoms with Crippen LogP contribution >= 0.6 is 47.1 Å². The minimum atomic E-state index is 0. The first kappa shape index (κ1) is 21.0. The van der Waals surface area contributed by atoms with Gasteiger partial charge >= 0.3 is 0 Å². The van der Waals surface area contributed by atoms with E-state index in [4.69, 9.17) is 0 Å². The van der Waals surface area contributed by atoms with Gasteiger partial charge in [-0.05, 0) is 12.3 Å². The Morgan fingerprint density at radius 1 is 1.38 bits per heavy atom. The Balaban J connectivity index is 0.00000400. The summed E-state index contributed by atoms with van der Waals surface area (Å²) in [5.74, 6) is 2.73. The zero-order valence-corrected chi connectivity index (χ0v) is 17.1. The molecule has 21 heavy (non-hydrogen) atoms. The highest BCUT2D eigenvalue weighted by molar-refractivity contribution is 14.0. The van der Waals surface area contributed by atoms with Gasteiger partial charge in [0.2, 0.25) is 0 Å². The lowest BCUT2D eigenvalue weighted by molar-refractivity contribution is 0.481. The van der Waals surface area contributed by atoms with Crippen molar-refractivity contribution in [3.8, 4) is 0 Å². The maximum Gasteiger partial charge on any atom is 0.190 e. The van der Waals surface area contributed by atoms with Gasteiger partial charge in [0, 0.05) is 37.5 Å². The van der Waals surface area contributed by atoms with Gasteiger partial charge < -0.3 is 10.6 Å². The van der Waals surface area contributed by atoms with Crippen molar-refractivity contribution < 1.29 is 0 Å². The van der Waals surface area contributed by atoms with Crippen LogP contribution in [0.3, 0.4) is 0 Å². The highest BCUT2D eigenvalue weighted by Gasteiger charge is 2.04. The minimum Gasteiger partial charge on any atom is -0.356 e. The molecule has 7 heteroatoms. The van der Waals surface area contributed by atoms with Gasteiger partial charge in [-0.15, -0.1) is 35.3 Å². The summed E-state index contributed by atoms with van der Waals surface area (Å²) < 4.78 is 1.15. The van der Waals surface area contributed by atoms with Crippen LogP contribution < -0.4 is 10.6 Å². The largest absolute Gasteiger partial charge is 0.356 e. The number of thioether (sulfide) groups is 1. The molecule has 0 atom stereocenters. The van der Waals surface area contributed by atoms with Crippen LogP contribution in [0.1, 0.15) is 33.1 Å². The zero-order valence-electron chi connectivity index (χ0n) is 13.1. The van der Waals surface area contributed by atoms with E-state index in [-0.39, 0.29) is 24.0 Å². The first-order valence-electron chi connectivity index (χ1n) is 7.26. The molecule has 0 amide bonds. The van der Waals surface area contributed by atoms with Crippen LogP contribution in [-0.4, -0.2) is 36.8 Å². The monoisotopic (exact) mass is 442 g/mol. The molecule has 1 rings (SSSR count). The standard InChI is InChI=1S/C14H26N4S2.HI/c1-4-12(5-2)11-18-13(15-3)16-7-6-9-19-14-17-8-10-20-14;/h8,10,12H,4-7,9,11H2,1-3H3,(H2,15,16,18);1H. The maximum atomic E-state index is 4.26. The van der Waals surface area contributed by atoms with Gasteiger partial charge in [0.1, 0.15) is 4.34 Å². The summed E-state index contributed by atoms with van der Waals surface area (Å²) in [6.45, 7) is 6.42. The lowest BCUT2D eigenvalue weighted by atomic mass is 10.0. The molecule has 0 aromatic carbocycles. The number of hydrogen-bond acceptors (Lipinski definition) is 4. The van der Waals surface area contributed by atoms with Crippen molar-refractivity contribution in [1.82, 2.24) is 15.6 Å². The van der Waals surface area contributed by atoms with Gasteiger partial charge in [-0.2, -0.15) is 0 Å². The molecule has 1 aromatic heterocycles. The third-order valence-corrected chi connectivity index (χ3v) is 5.24. The summed E-state index contributed by atoms with van der Waals surface area (Å²) in [4.78, 5) is 8.51. The predicted molar refractivity (Wildman–Crippen MR) is 106 cm³/mol. The van der Waals surface area contributed by atoms with Crippen LogP contribution in [0.15, 0.2) is 20.9 Å². The number of hydrogen-bond donors (Lipinski definition) is 2. The first-order chi connectivity index (χ1) is 9.80. The van der Waals surface area contributed by atoms with E-state index in [1.807, 2.05) is 30.4 Å². The van der Waals surface area contributed by atoms with Crippen molar-refractivity contribution in [2.75, 3.05) is 25.9 Å². The predicted octanol–water partition coefficient (Wildman–Crippen LogP) is 3.84. The highest BCUT2D eigenvalue weighted by Crippen LogP contribution is 2.20. The summed E-state index contributed by atoms with van der Waals surface area (Å²) in [7, 11) is 1.83. The number of rotatable bonds is 9. The van der Waals surface area contributed by atoms with E-state index in [1.165, 1.54) is 12.8 Å². The highest BCUT2D eigenvalue weighted by atomic mass is 127. The SMILES string of the molecule is CCC(CC)CNC(=NC)NCCCSc1nccs1.I. The molecule has 0 fully saturated rings. The van der Waals surface area contributed by atoms with Gasteiger partial charge in [-0.1, -0.05) is 38.5 Å². The molecule has 122 valence electrons. The van der Waals surface area contributed by atoms with Crippen LogP contribution in [0.4, 0.5) is 0 Å². The Labute approximate surface area is 154 Å². The third-order valence-electron chi connectivity index (χ3n) is 3.19. The van der Waals surface area contributed by atoms with Crippen LogP contribution in [0.2, 0.25) is 0 Å². The number of halogens is 1. The van der Waals surface area contributed by atoms with Gasteiger partial charge in [-0.25, -0.2) is 4.98 Å². The fourth-order valence-corrected chi connectivity index (χ4v) is 3.41. The van der Waals surface area contributed by atoms with Gasteiger partial charge in [0.25, 0.3) is 0 Å². The van der Waals surface area contributed by atoms with E-state index in [0.29, 0.717) is 0 Å². The number of nitrogens with one attached hydrogen (secondary N) is 2. The molecular formula is C14H27IN4S2. The molecule has 0 aliphatic rings. The second-order valence-corrected chi connectivity index (χ2v) is 6.80. The average molecular weight is 442 g/mol. The normalized spacial score (nSPS) is 11.3.